The maximum atomic E-state index is 12.9. The first kappa shape index (κ1) is 22.3. The third kappa shape index (κ3) is 4.96. The summed E-state index contributed by atoms with van der Waals surface area (Å²) in [6, 6.07) is 16.6. The molecule has 2 heterocycles. The summed E-state index contributed by atoms with van der Waals surface area (Å²) in [5.41, 5.74) is 3.32. The average Bonchev–Trinajstić information content (AvgIpc) is 3.28. The number of ether oxygens (including phenoxy) is 2. The number of pyridine rings is 1. The number of thiazole rings is 1. The van der Waals surface area contributed by atoms with Gasteiger partial charge in [0, 0.05) is 17.1 Å². The molecule has 0 unspecified atom stereocenters. The van der Waals surface area contributed by atoms with E-state index in [2.05, 4.69) is 10.3 Å². The fourth-order valence-electron chi connectivity index (χ4n) is 3.47. The molecule has 0 fully saturated rings. The Kier molecular flexibility index (Phi) is 6.55. The van der Waals surface area contributed by atoms with Crippen LogP contribution in [-0.2, 0) is 6.54 Å². The number of rotatable bonds is 7. The SMILES string of the molecule is COc1ccc(-c2csc(NC(=O)c3cccn(Cc4cccc(C)c4)c3=O)n2)cc1OC. The number of methoxy groups -OCH3 is 2. The third-order valence-corrected chi connectivity index (χ3v) is 5.86. The van der Waals surface area contributed by atoms with Crippen molar-refractivity contribution in [2.75, 3.05) is 19.5 Å². The van der Waals surface area contributed by atoms with Gasteiger partial charge in [-0.05, 0) is 42.8 Å². The van der Waals surface area contributed by atoms with Crippen LogP contribution in [0.3, 0.4) is 0 Å². The fraction of sp³-hybridized carbons (Fsp3) is 0.160. The van der Waals surface area contributed by atoms with Crippen LogP contribution in [0.1, 0.15) is 21.5 Å². The third-order valence-electron chi connectivity index (χ3n) is 5.10. The number of aromatic nitrogens is 2. The molecule has 4 rings (SSSR count). The van der Waals surface area contributed by atoms with Crippen LogP contribution in [0.5, 0.6) is 11.5 Å². The predicted molar refractivity (Wildman–Crippen MR) is 130 cm³/mol. The van der Waals surface area contributed by atoms with Crippen LogP contribution in [0.4, 0.5) is 5.13 Å². The molecule has 0 bridgehead atoms. The Morgan fingerprint density at radius 3 is 2.64 bits per heavy atom. The second-order valence-corrected chi connectivity index (χ2v) is 8.26. The highest BCUT2D eigenvalue weighted by Crippen LogP contribution is 2.33. The molecule has 0 saturated carbocycles. The number of hydrogen-bond donors (Lipinski definition) is 1. The maximum absolute atomic E-state index is 12.9. The molecule has 2 aromatic heterocycles. The van der Waals surface area contributed by atoms with E-state index in [9.17, 15) is 9.59 Å². The largest absolute Gasteiger partial charge is 0.493 e. The van der Waals surface area contributed by atoms with Gasteiger partial charge in [-0.1, -0.05) is 29.8 Å². The molecule has 0 saturated heterocycles. The minimum atomic E-state index is -0.494. The van der Waals surface area contributed by atoms with E-state index >= 15 is 0 Å². The van der Waals surface area contributed by atoms with Crippen molar-refractivity contribution in [2.45, 2.75) is 13.5 Å². The molecule has 4 aromatic rings. The molecule has 0 atom stereocenters. The normalized spacial score (nSPS) is 10.6. The zero-order valence-electron chi connectivity index (χ0n) is 18.5. The molecule has 0 aliphatic heterocycles. The summed E-state index contributed by atoms with van der Waals surface area (Å²) in [6.07, 6.45) is 1.68. The smallest absolute Gasteiger partial charge is 0.263 e. The monoisotopic (exact) mass is 461 g/mol. The maximum Gasteiger partial charge on any atom is 0.263 e. The van der Waals surface area contributed by atoms with Gasteiger partial charge in [-0.25, -0.2) is 4.98 Å². The van der Waals surface area contributed by atoms with Gasteiger partial charge < -0.3 is 14.0 Å². The topological polar surface area (TPSA) is 82.5 Å². The first-order valence-corrected chi connectivity index (χ1v) is 11.1. The minimum absolute atomic E-state index is 0.0630. The van der Waals surface area contributed by atoms with Crippen LogP contribution in [0, 0.1) is 6.92 Å². The summed E-state index contributed by atoms with van der Waals surface area (Å²) >= 11 is 1.28. The zero-order valence-corrected chi connectivity index (χ0v) is 19.3. The zero-order chi connectivity index (χ0) is 23.4. The summed E-state index contributed by atoms with van der Waals surface area (Å²) in [6.45, 7) is 2.39. The van der Waals surface area contributed by atoms with E-state index < -0.39 is 5.91 Å². The lowest BCUT2D eigenvalue weighted by molar-refractivity contribution is 0.102. The van der Waals surface area contributed by atoms with E-state index in [0.717, 1.165) is 16.7 Å². The van der Waals surface area contributed by atoms with Crippen molar-refractivity contribution in [3.63, 3.8) is 0 Å². The fourth-order valence-corrected chi connectivity index (χ4v) is 4.18. The number of nitrogens with one attached hydrogen (secondary N) is 1. The summed E-state index contributed by atoms with van der Waals surface area (Å²) in [5, 5.41) is 4.97. The number of carbonyl (C=O) groups excluding carboxylic acids is 1. The molecule has 0 aliphatic carbocycles. The Morgan fingerprint density at radius 2 is 1.88 bits per heavy atom. The Morgan fingerprint density at radius 1 is 1.06 bits per heavy atom. The minimum Gasteiger partial charge on any atom is -0.493 e. The molecule has 33 heavy (non-hydrogen) atoms. The average molecular weight is 462 g/mol. The molecule has 1 N–H and O–H groups in total. The Labute approximate surface area is 195 Å². The first-order chi connectivity index (χ1) is 16.0. The van der Waals surface area contributed by atoms with Gasteiger partial charge in [0.15, 0.2) is 16.6 Å². The number of anilines is 1. The van der Waals surface area contributed by atoms with Crippen LogP contribution in [0.25, 0.3) is 11.3 Å². The molecule has 0 radical (unpaired) electrons. The number of nitrogens with zero attached hydrogens (tertiary/aromatic N) is 2. The number of aryl methyl sites for hydroxylation is 1. The van der Waals surface area contributed by atoms with Crippen LogP contribution < -0.4 is 20.3 Å². The molecular weight excluding hydrogens is 438 g/mol. The lowest BCUT2D eigenvalue weighted by atomic mass is 10.1. The first-order valence-electron chi connectivity index (χ1n) is 10.2. The van der Waals surface area contributed by atoms with Gasteiger partial charge in [0.1, 0.15) is 5.56 Å². The van der Waals surface area contributed by atoms with E-state index in [1.165, 1.54) is 22.0 Å². The Bertz CT molecular complexity index is 1360. The Balaban J connectivity index is 1.53. The molecule has 7 nitrogen and oxygen atoms in total. The van der Waals surface area contributed by atoms with Gasteiger partial charge in [0.2, 0.25) is 0 Å². The molecule has 1 amide bonds. The molecule has 168 valence electrons. The van der Waals surface area contributed by atoms with Crippen molar-refractivity contribution in [2.24, 2.45) is 0 Å². The summed E-state index contributed by atoms with van der Waals surface area (Å²) < 4.78 is 12.1. The summed E-state index contributed by atoms with van der Waals surface area (Å²) in [5.74, 6) is 0.717. The highest BCUT2D eigenvalue weighted by Gasteiger charge is 2.15. The van der Waals surface area contributed by atoms with Crippen LogP contribution in [0.2, 0.25) is 0 Å². The van der Waals surface area contributed by atoms with Gasteiger partial charge in [-0.15, -0.1) is 11.3 Å². The molecule has 0 spiro atoms. The quantitative estimate of drug-likeness (QED) is 0.435. The second kappa shape index (κ2) is 9.70. The van der Waals surface area contributed by atoms with Crippen molar-refractivity contribution >= 4 is 22.4 Å². The molecular formula is C25H23N3O4S. The number of carbonyl (C=O) groups is 1. The highest BCUT2D eigenvalue weighted by atomic mass is 32.1. The van der Waals surface area contributed by atoms with E-state index in [4.69, 9.17) is 9.47 Å². The molecule has 0 aliphatic rings. The van der Waals surface area contributed by atoms with Crippen molar-refractivity contribution in [1.29, 1.82) is 0 Å². The molecule has 8 heteroatoms. The van der Waals surface area contributed by atoms with Gasteiger partial charge >= 0.3 is 0 Å². The summed E-state index contributed by atoms with van der Waals surface area (Å²) in [7, 11) is 3.15. The lowest BCUT2D eigenvalue weighted by Crippen LogP contribution is -2.29. The Hall–Kier alpha value is -3.91. The highest BCUT2D eigenvalue weighted by molar-refractivity contribution is 7.14. The predicted octanol–water partition coefficient (Wildman–Crippen LogP) is 4.60. The van der Waals surface area contributed by atoms with Gasteiger partial charge in [-0.3, -0.25) is 14.9 Å². The number of benzene rings is 2. The van der Waals surface area contributed by atoms with E-state index in [1.807, 2.05) is 48.7 Å². The van der Waals surface area contributed by atoms with E-state index in [1.54, 1.807) is 32.5 Å². The molecule has 2 aromatic carbocycles. The van der Waals surface area contributed by atoms with Crippen LogP contribution in [-0.4, -0.2) is 29.7 Å². The van der Waals surface area contributed by atoms with Gasteiger partial charge in [-0.2, -0.15) is 0 Å². The van der Waals surface area contributed by atoms with Crippen molar-refractivity contribution < 1.29 is 14.3 Å². The van der Waals surface area contributed by atoms with Gasteiger partial charge in [0.25, 0.3) is 11.5 Å². The van der Waals surface area contributed by atoms with Crippen LogP contribution >= 0.6 is 11.3 Å². The van der Waals surface area contributed by atoms with Gasteiger partial charge in [0.05, 0.1) is 26.5 Å². The standard InChI is InChI=1S/C25H23N3O4S/c1-16-6-4-7-17(12-16)14-28-11-5-8-19(24(28)30)23(29)27-25-26-20(15-33-25)18-9-10-21(31-2)22(13-18)32-3/h4-13,15H,14H2,1-3H3,(H,26,27,29). The van der Waals surface area contributed by atoms with Crippen molar-refractivity contribution in [3.8, 4) is 22.8 Å². The number of hydrogen-bond acceptors (Lipinski definition) is 6. The van der Waals surface area contributed by atoms with Crippen molar-refractivity contribution in [3.05, 3.63) is 93.2 Å². The van der Waals surface area contributed by atoms with Crippen LogP contribution in [0.15, 0.2) is 71.0 Å². The van der Waals surface area contributed by atoms with E-state index in [-0.39, 0.29) is 11.1 Å². The number of amides is 1. The lowest BCUT2D eigenvalue weighted by Gasteiger charge is -2.09. The second-order valence-electron chi connectivity index (χ2n) is 7.41. The van der Waals surface area contributed by atoms with E-state index in [0.29, 0.717) is 28.9 Å². The summed E-state index contributed by atoms with van der Waals surface area (Å²) in [4.78, 5) is 30.2. The van der Waals surface area contributed by atoms with Crippen molar-refractivity contribution in [1.82, 2.24) is 9.55 Å².